The molecule has 0 radical (unpaired) electrons. The van der Waals surface area contributed by atoms with Gasteiger partial charge in [-0.1, -0.05) is 11.3 Å². The van der Waals surface area contributed by atoms with Gasteiger partial charge in [0.05, 0.1) is 36.4 Å². The quantitative estimate of drug-likeness (QED) is 0.472. The van der Waals surface area contributed by atoms with Crippen LogP contribution in [0.25, 0.3) is 10.8 Å². The van der Waals surface area contributed by atoms with E-state index in [1.54, 1.807) is 32.2 Å². The van der Waals surface area contributed by atoms with Crippen molar-refractivity contribution in [2.24, 2.45) is 0 Å². The summed E-state index contributed by atoms with van der Waals surface area (Å²) in [5, 5.41) is 14.9. The number of aromatic nitrogens is 5. The van der Waals surface area contributed by atoms with E-state index < -0.39 is 0 Å². The highest BCUT2D eigenvalue weighted by Crippen LogP contribution is 2.33. The Morgan fingerprint density at radius 1 is 1.17 bits per heavy atom. The van der Waals surface area contributed by atoms with Crippen molar-refractivity contribution in [2.45, 2.75) is 13.8 Å². The molecule has 4 aromatic heterocycles. The number of nitrogens with zero attached hydrogens (tertiary/aromatic N) is 5. The van der Waals surface area contributed by atoms with E-state index in [1.165, 1.54) is 36.2 Å². The summed E-state index contributed by atoms with van der Waals surface area (Å²) in [6.45, 7) is 3.50. The first-order valence-corrected chi connectivity index (χ1v) is 9.93. The van der Waals surface area contributed by atoms with Crippen molar-refractivity contribution in [3.05, 3.63) is 41.7 Å². The second kappa shape index (κ2) is 7.93. The fraction of sp³-hybridized carbons (Fsp3) is 0.176. The number of thiazole rings is 1. The van der Waals surface area contributed by atoms with Gasteiger partial charge in [0.2, 0.25) is 11.8 Å². The average molecular weight is 429 g/mol. The number of hydrogen-bond acceptors (Lipinski definition) is 11. The zero-order valence-corrected chi connectivity index (χ0v) is 17.2. The summed E-state index contributed by atoms with van der Waals surface area (Å²) >= 11 is 2.52. The van der Waals surface area contributed by atoms with Gasteiger partial charge in [-0.05, 0) is 24.5 Å². The third-order valence-electron chi connectivity index (χ3n) is 3.76. The molecule has 0 bridgehead atoms. The molecule has 4 heterocycles. The molecule has 0 aliphatic heterocycles. The lowest BCUT2D eigenvalue weighted by Crippen LogP contribution is -2.14. The molecular formula is C17H15N7O3S2. The van der Waals surface area contributed by atoms with Crippen molar-refractivity contribution in [2.75, 3.05) is 17.7 Å². The number of amides is 1. The molecule has 148 valence electrons. The maximum Gasteiger partial charge on any atom is 0.260 e. The highest BCUT2D eigenvalue weighted by atomic mass is 32.1. The van der Waals surface area contributed by atoms with Crippen molar-refractivity contribution in [3.63, 3.8) is 0 Å². The molecule has 2 N–H and O–H groups in total. The van der Waals surface area contributed by atoms with Crippen LogP contribution in [0.3, 0.4) is 0 Å². The van der Waals surface area contributed by atoms with Gasteiger partial charge < -0.3 is 19.8 Å². The number of anilines is 3. The van der Waals surface area contributed by atoms with E-state index in [0.29, 0.717) is 44.7 Å². The molecule has 29 heavy (non-hydrogen) atoms. The molecule has 0 saturated heterocycles. The molecule has 0 aliphatic rings. The van der Waals surface area contributed by atoms with Gasteiger partial charge in [-0.25, -0.2) is 9.97 Å². The minimum atomic E-state index is -0.296. The first-order chi connectivity index (χ1) is 14.0. The van der Waals surface area contributed by atoms with Crippen molar-refractivity contribution in [3.8, 4) is 16.6 Å². The number of pyridine rings is 1. The van der Waals surface area contributed by atoms with Crippen LogP contribution in [0.4, 0.5) is 15.8 Å². The number of rotatable bonds is 6. The normalized spacial score (nSPS) is 10.7. The fourth-order valence-corrected chi connectivity index (χ4v) is 4.02. The third kappa shape index (κ3) is 4.07. The van der Waals surface area contributed by atoms with E-state index in [2.05, 4.69) is 35.2 Å². The van der Waals surface area contributed by atoms with Crippen molar-refractivity contribution in [1.82, 2.24) is 24.5 Å². The second-order valence-electron chi connectivity index (χ2n) is 5.80. The maximum atomic E-state index is 12.8. The van der Waals surface area contributed by atoms with Gasteiger partial charge in [-0.3, -0.25) is 4.79 Å². The van der Waals surface area contributed by atoms with E-state index in [9.17, 15) is 4.79 Å². The standard InChI is InChI=1S/C17H15N7O3S2/c1-8-13(14(25)20-10-4-5-12(26-3)18-6-10)16(29-24-8)21-17-19-7-11(28-17)15-23-22-9(2)27-15/h4-7H,1-3H3,(H,19,21)(H,20,25). The molecule has 12 heteroatoms. The van der Waals surface area contributed by atoms with E-state index >= 15 is 0 Å². The van der Waals surface area contributed by atoms with Crippen LogP contribution in [0, 0.1) is 13.8 Å². The summed E-state index contributed by atoms with van der Waals surface area (Å²) in [7, 11) is 1.53. The molecule has 4 rings (SSSR count). The Morgan fingerprint density at radius 2 is 2.03 bits per heavy atom. The average Bonchev–Trinajstić information content (AvgIpc) is 3.43. The number of carbonyl (C=O) groups is 1. The first kappa shape index (κ1) is 19.0. The SMILES string of the molecule is COc1ccc(NC(=O)c2c(C)nsc2Nc2ncc(-c3nnc(C)o3)s2)cn1. The molecule has 0 unspecified atom stereocenters. The molecule has 0 saturated carbocycles. The van der Waals surface area contributed by atoms with Gasteiger partial charge in [-0.2, -0.15) is 4.37 Å². The van der Waals surface area contributed by atoms with Crippen LogP contribution >= 0.6 is 22.9 Å². The van der Waals surface area contributed by atoms with Crippen LogP contribution in [0.15, 0.2) is 28.9 Å². The van der Waals surface area contributed by atoms with Crippen LogP contribution in [0.2, 0.25) is 0 Å². The Kier molecular flexibility index (Phi) is 5.18. The molecular weight excluding hydrogens is 414 g/mol. The summed E-state index contributed by atoms with van der Waals surface area (Å²) in [4.78, 5) is 21.9. The van der Waals surface area contributed by atoms with Gasteiger partial charge in [-0.15, -0.1) is 10.2 Å². The Bertz CT molecular complexity index is 1150. The van der Waals surface area contributed by atoms with Crippen molar-refractivity contribution >= 4 is 44.6 Å². The number of nitrogens with one attached hydrogen (secondary N) is 2. The van der Waals surface area contributed by atoms with Gasteiger partial charge in [0.25, 0.3) is 11.8 Å². The lowest BCUT2D eigenvalue weighted by atomic mass is 10.2. The van der Waals surface area contributed by atoms with Gasteiger partial charge in [0.15, 0.2) is 5.13 Å². The Labute approximate surface area is 173 Å². The van der Waals surface area contributed by atoms with Crippen LogP contribution in [0.1, 0.15) is 21.9 Å². The fourth-order valence-electron chi connectivity index (χ4n) is 2.42. The number of aryl methyl sites for hydroxylation is 2. The van der Waals surface area contributed by atoms with E-state index in [0.717, 1.165) is 4.88 Å². The topological polar surface area (TPSA) is 128 Å². The largest absolute Gasteiger partial charge is 0.481 e. The molecule has 0 aromatic carbocycles. The van der Waals surface area contributed by atoms with E-state index in [-0.39, 0.29) is 5.91 Å². The Balaban J connectivity index is 1.52. The Hall–Kier alpha value is -3.38. The second-order valence-corrected chi connectivity index (χ2v) is 7.60. The van der Waals surface area contributed by atoms with Crippen LogP contribution < -0.4 is 15.4 Å². The van der Waals surface area contributed by atoms with Crippen LogP contribution in [-0.2, 0) is 0 Å². The molecule has 0 aliphatic carbocycles. The monoisotopic (exact) mass is 429 g/mol. The van der Waals surface area contributed by atoms with Gasteiger partial charge >= 0.3 is 0 Å². The van der Waals surface area contributed by atoms with E-state index in [1.807, 2.05) is 0 Å². The Morgan fingerprint density at radius 3 is 2.72 bits per heavy atom. The molecule has 0 spiro atoms. The number of hydrogen-bond donors (Lipinski definition) is 2. The highest BCUT2D eigenvalue weighted by molar-refractivity contribution is 7.19. The minimum absolute atomic E-state index is 0.296. The van der Waals surface area contributed by atoms with Crippen LogP contribution in [-0.4, -0.2) is 37.6 Å². The predicted molar refractivity (Wildman–Crippen MR) is 109 cm³/mol. The summed E-state index contributed by atoms with van der Waals surface area (Å²) in [6.07, 6.45) is 3.16. The first-order valence-electron chi connectivity index (χ1n) is 8.34. The summed E-state index contributed by atoms with van der Waals surface area (Å²) < 4.78 is 14.7. The van der Waals surface area contributed by atoms with Crippen LogP contribution in [0.5, 0.6) is 5.88 Å². The van der Waals surface area contributed by atoms with Gasteiger partial charge in [0, 0.05) is 13.0 Å². The van der Waals surface area contributed by atoms with Gasteiger partial charge in [0.1, 0.15) is 9.88 Å². The summed E-state index contributed by atoms with van der Waals surface area (Å²) in [5.41, 5.74) is 1.60. The third-order valence-corrected chi connectivity index (χ3v) is 5.51. The minimum Gasteiger partial charge on any atom is -0.481 e. The summed E-state index contributed by atoms with van der Waals surface area (Å²) in [6, 6.07) is 3.38. The molecule has 4 aromatic rings. The van der Waals surface area contributed by atoms with Crippen molar-refractivity contribution in [1.29, 1.82) is 0 Å². The maximum absolute atomic E-state index is 12.8. The molecule has 10 nitrogen and oxygen atoms in total. The molecule has 0 atom stereocenters. The van der Waals surface area contributed by atoms with Crippen molar-refractivity contribution < 1.29 is 13.9 Å². The number of methoxy groups -OCH3 is 1. The lowest BCUT2D eigenvalue weighted by Gasteiger charge is -2.07. The number of ether oxygens (including phenoxy) is 1. The number of carbonyl (C=O) groups excluding carboxylic acids is 1. The molecule has 0 fully saturated rings. The lowest BCUT2D eigenvalue weighted by molar-refractivity contribution is 0.102. The smallest absolute Gasteiger partial charge is 0.260 e. The predicted octanol–water partition coefficient (Wildman–Crippen LogP) is 3.67. The highest BCUT2D eigenvalue weighted by Gasteiger charge is 2.20. The zero-order chi connectivity index (χ0) is 20.4. The zero-order valence-electron chi connectivity index (χ0n) is 15.6. The summed E-state index contributed by atoms with van der Waals surface area (Å²) in [5.74, 6) is 1.05. The van der Waals surface area contributed by atoms with E-state index in [4.69, 9.17) is 9.15 Å². The molecule has 1 amide bonds.